The molecule has 0 bridgehead atoms. The largest absolute Gasteiger partial charge is 0.493 e. The number of halogens is 1. The van der Waals surface area contributed by atoms with Crippen molar-refractivity contribution in [1.82, 2.24) is 0 Å². The molecule has 202 valence electrons. The van der Waals surface area contributed by atoms with Crippen LogP contribution < -0.4 is 9.47 Å². The van der Waals surface area contributed by atoms with E-state index in [2.05, 4.69) is 13.5 Å². The van der Waals surface area contributed by atoms with Crippen LogP contribution in [0.1, 0.15) is 47.1 Å². The van der Waals surface area contributed by atoms with E-state index in [1.807, 2.05) is 50.2 Å². The lowest BCUT2D eigenvalue weighted by molar-refractivity contribution is -0.130. The molecule has 0 radical (unpaired) electrons. The first-order valence-corrected chi connectivity index (χ1v) is 13.2. The Bertz CT molecular complexity index is 1410. The fraction of sp³-hybridized carbons (Fsp3) is 0.333. The van der Waals surface area contributed by atoms with Crippen molar-refractivity contribution >= 4 is 18.1 Å². The normalized spacial score (nSPS) is 19.1. The number of aryl methyl sites for hydroxylation is 2. The van der Waals surface area contributed by atoms with Gasteiger partial charge >= 0.3 is 0 Å². The van der Waals surface area contributed by atoms with Crippen molar-refractivity contribution < 1.29 is 28.2 Å². The maximum atomic E-state index is 14.8. The van der Waals surface area contributed by atoms with Gasteiger partial charge in [-0.25, -0.2) is 4.39 Å². The molecule has 2 fully saturated rings. The van der Waals surface area contributed by atoms with Crippen LogP contribution >= 0.6 is 0 Å². The molecule has 1 aliphatic carbocycles. The summed E-state index contributed by atoms with van der Waals surface area (Å²) < 4.78 is 32.2. The van der Waals surface area contributed by atoms with Crippen molar-refractivity contribution in [3.8, 4) is 22.6 Å². The predicted molar refractivity (Wildman–Crippen MR) is 149 cm³/mol. The fourth-order valence-electron chi connectivity index (χ4n) is 5.35. The van der Waals surface area contributed by atoms with Crippen molar-refractivity contribution in [2.24, 2.45) is 11.3 Å². The molecular formula is C33H33FO5. The van der Waals surface area contributed by atoms with Crippen LogP contribution in [0.5, 0.6) is 11.5 Å². The zero-order valence-electron chi connectivity index (χ0n) is 22.6. The van der Waals surface area contributed by atoms with Crippen LogP contribution in [0.3, 0.4) is 0 Å². The number of benzene rings is 3. The third-order valence-corrected chi connectivity index (χ3v) is 7.67. The van der Waals surface area contributed by atoms with E-state index in [1.54, 1.807) is 12.1 Å². The lowest BCUT2D eigenvalue weighted by Crippen LogP contribution is -2.44. The van der Waals surface area contributed by atoms with Gasteiger partial charge in [-0.05, 0) is 96.0 Å². The van der Waals surface area contributed by atoms with Gasteiger partial charge in [-0.2, -0.15) is 0 Å². The van der Waals surface area contributed by atoms with Gasteiger partial charge in [0.25, 0.3) is 0 Å². The van der Waals surface area contributed by atoms with Crippen LogP contribution in [0.25, 0.3) is 17.2 Å². The van der Waals surface area contributed by atoms with E-state index in [1.165, 1.54) is 6.07 Å². The molecule has 5 nitrogen and oxygen atoms in total. The van der Waals surface area contributed by atoms with Crippen molar-refractivity contribution in [2.75, 3.05) is 19.8 Å². The maximum Gasteiger partial charge on any atom is 0.198 e. The number of aldehydes is 1. The molecule has 2 atom stereocenters. The second-order valence-corrected chi connectivity index (χ2v) is 11.1. The molecule has 3 aromatic carbocycles. The minimum absolute atomic E-state index is 0.0254. The van der Waals surface area contributed by atoms with Crippen molar-refractivity contribution in [2.45, 2.75) is 39.7 Å². The van der Waals surface area contributed by atoms with Gasteiger partial charge in [-0.15, -0.1) is 0 Å². The summed E-state index contributed by atoms with van der Waals surface area (Å²) in [6, 6.07) is 14.7. The highest BCUT2D eigenvalue weighted by molar-refractivity contribution is 6.27. The summed E-state index contributed by atoms with van der Waals surface area (Å²) >= 11 is 0. The lowest BCUT2D eigenvalue weighted by Gasteiger charge is -2.37. The average molecular weight is 529 g/mol. The van der Waals surface area contributed by atoms with Crippen molar-refractivity contribution in [3.05, 3.63) is 88.7 Å². The molecule has 1 aliphatic heterocycles. The van der Waals surface area contributed by atoms with Crippen LogP contribution in [0.2, 0.25) is 0 Å². The van der Waals surface area contributed by atoms with E-state index < -0.39 is 0 Å². The molecule has 1 heterocycles. The first-order chi connectivity index (χ1) is 18.7. The van der Waals surface area contributed by atoms with Crippen LogP contribution in [0.15, 0.2) is 55.1 Å². The number of rotatable bonds is 11. The van der Waals surface area contributed by atoms with Crippen LogP contribution in [-0.4, -0.2) is 31.9 Å². The molecule has 0 N–H and O–H groups in total. The fourth-order valence-corrected chi connectivity index (χ4v) is 5.35. The molecule has 0 aromatic heterocycles. The summed E-state index contributed by atoms with van der Waals surface area (Å²) in [6.45, 7) is 12.2. The van der Waals surface area contributed by atoms with Gasteiger partial charge in [0, 0.05) is 16.9 Å². The second kappa shape index (κ2) is 10.8. The van der Waals surface area contributed by atoms with Gasteiger partial charge < -0.3 is 14.2 Å². The molecule has 2 unspecified atom stereocenters. The molecule has 1 saturated heterocycles. The summed E-state index contributed by atoms with van der Waals surface area (Å²) in [5, 5.41) is 0. The van der Waals surface area contributed by atoms with Crippen LogP contribution in [0.4, 0.5) is 4.39 Å². The Labute approximate surface area is 228 Å². The number of Topliss-reactive ketones (excluding diaryl/α,β-unsaturated/α-hetero) is 1. The minimum Gasteiger partial charge on any atom is -0.493 e. The second-order valence-electron chi connectivity index (χ2n) is 11.1. The Balaban J connectivity index is 1.30. The Kier molecular flexibility index (Phi) is 7.41. The Morgan fingerprint density at radius 2 is 1.82 bits per heavy atom. The highest BCUT2D eigenvalue weighted by Gasteiger charge is 2.44. The molecular weight excluding hydrogens is 495 g/mol. The number of hydrogen-bond donors (Lipinski definition) is 0. The van der Waals surface area contributed by atoms with E-state index in [-0.39, 0.29) is 35.5 Å². The zero-order valence-corrected chi connectivity index (χ0v) is 22.6. The molecule has 39 heavy (non-hydrogen) atoms. The average Bonchev–Trinajstić information content (AvgIpc) is 3.70. The van der Waals surface area contributed by atoms with Gasteiger partial charge in [0.05, 0.1) is 19.8 Å². The van der Waals surface area contributed by atoms with E-state index in [9.17, 15) is 14.0 Å². The molecule has 1 saturated carbocycles. The summed E-state index contributed by atoms with van der Waals surface area (Å²) in [5.74, 6) is 0.476. The van der Waals surface area contributed by atoms with Crippen molar-refractivity contribution in [3.63, 3.8) is 0 Å². The van der Waals surface area contributed by atoms with E-state index in [4.69, 9.17) is 14.2 Å². The van der Waals surface area contributed by atoms with Crippen molar-refractivity contribution in [1.29, 1.82) is 0 Å². The number of hydrogen-bond acceptors (Lipinski definition) is 5. The monoisotopic (exact) mass is 528 g/mol. The summed E-state index contributed by atoms with van der Waals surface area (Å²) in [7, 11) is 0. The molecule has 2 aliphatic rings. The Morgan fingerprint density at radius 3 is 2.46 bits per heavy atom. The molecule has 0 amide bonds. The van der Waals surface area contributed by atoms with E-state index in [0.717, 1.165) is 39.1 Å². The zero-order chi connectivity index (χ0) is 27.7. The lowest BCUT2D eigenvalue weighted by atomic mass is 9.90. The first kappa shape index (κ1) is 26.8. The quantitative estimate of drug-likeness (QED) is 0.207. The highest BCUT2D eigenvalue weighted by atomic mass is 19.1. The number of ketones is 1. The predicted octanol–water partition coefficient (Wildman–Crippen LogP) is 6.62. The van der Waals surface area contributed by atoms with Crippen LogP contribution in [0, 0.1) is 31.0 Å². The Hall–Kier alpha value is -3.77. The molecule has 5 rings (SSSR count). The minimum atomic E-state index is -0.364. The van der Waals surface area contributed by atoms with E-state index >= 15 is 0 Å². The number of carbonyl (C=O) groups excluding carboxylic acids is 2. The van der Waals surface area contributed by atoms with Crippen LogP contribution in [-0.2, 0) is 20.9 Å². The summed E-state index contributed by atoms with van der Waals surface area (Å²) in [4.78, 5) is 22.5. The van der Waals surface area contributed by atoms with Gasteiger partial charge in [0.15, 0.2) is 12.1 Å². The standard InChI is InChI=1S/C33H33FO5/c1-5-22-13-25(7-8-27(22)28-14-29(28)31(36)15-35)38-16-24-12-23(6-9-30(24)34)32-20(2)10-26(11-21(32)3)39-19-33(4)17-37-18-33/h5-13,15,28-29H,1,14,16-19H2,2-4H3. The highest BCUT2D eigenvalue weighted by Crippen LogP contribution is 2.49. The first-order valence-electron chi connectivity index (χ1n) is 13.2. The SMILES string of the molecule is C=Cc1cc(OCc2cc(-c3c(C)cc(OCC4(C)COC4)cc3C)ccc2F)ccc1C1CC1C(=O)C=O. The third kappa shape index (κ3) is 5.66. The van der Waals surface area contributed by atoms with Gasteiger partial charge in [-0.3, -0.25) is 9.59 Å². The van der Waals surface area contributed by atoms with Gasteiger partial charge in [-0.1, -0.05) is 31.7 Å². The summed E-state index contributed by atoms with van der Waals surface area (Å²) in [5.41, 5.74) is 6.40. The Morgan fingerprint density at radius 1 is 1.08 bits per heavy atom. The summed E-state index contributed by atoms with van der Waals surface area (Å²) in [6.07, 6.45) is 2.77. The van der Waals surface area contributed by atoms with Gasteiger partial charge in [0.2, 0.25) is 0 Å². The molecule has 3 aromatic rings. The molecule has 6 heteroatoms. The van der Waals surface area contributed by atoms with E-state index in [0.29, 0.717) is 43.8 Å². The number of ether oxygens (including phenoxy) is 3. The molecule has 0 spiro atoms. The topological polar surface area (TPSA) is 61.8 Å². The smallest absolute Gasteiger partial charge is 0.198 e. The third-order valence-electron chi connectivity index (χ3n) is 7.67. The maximum absolute atomic E-state index is 14.8. The van der Waals surface area contributed by atoms with Gasteiger partial charge in [0.1, 0.15) is 23.9 Å². The number of carbonyl (C=O) groups is 2.